The second kappa shape index (κ2) is 16.2. The van der Waals surface area contributed by atoms with Crippen molar-refractivity contribution in [2.24, 2.45) is 5.41 Å². The average molecular weight is 889 g/mol. The predicted octanol–water partition coefficient (Wildman–Crippen LogP) is 11.4. The molecule has 0 bridgehead atoms. The maximum Gasteiger partial charge on any atom is 0.139 e. The molecule has 4 nitrogen and oxygen atoms in total. The molecule has 3 aromatic carbocycles. The average Bonchev–Trinajstić information content (AvgIpc) is 3.52. The van der Waals surface area contributed by atoms with E-state index < -0.39 is 32.1 Å². The van der Waals surface area contributed by atoms with Crippen LogP contribution in [0, 0.1) is 23.4 Å². The summed E-state index contributed by atoms with van der Waals surface area (Å²) in [5.74, 6) is -1.16. The summed E-state index contributed by atoms with van der Waals surface area (Å²) in [6.07, 6.45) is 1.95. The van der Waals surface area contributed by atoms with Gasteiger partial charge in [-0.3, -0.25) is 9.37 Å². The van der Waals surface area contributed by atoms with Crippen LogP contribution in [-0.2, 0) is 32.9 Å². The van der Waals surface area contributed by atoms with Gasteiger partial charge in [0.1, 0.15) is 5.58 Å². The first-order valence-electron chi connectivity index (χ1n) is 19.5. The standard InChI is InChI=1S/C24H25N2O.C21H21FNSi.Ir/c1-15(2)20-12-19-18-11-17(6-7-22(18)27-23(19)14-26-20)21-10-16(8-9-25-21)13-24(3,4)5;1-24(2,3)21-15-23-20(17-9-11-19(22)12-10-17)14-18(21)13-16-7-5-4-6-8-16;/h7-12,14-15H,13H2,1-5H3;4-9,11-12,14-15H,13H2,1-3H3;/q2*-1;/i13D2,15D;13D2;. The first kappa shape index (κ1) is 32.4. The summed E-state index contributed by atoms with van der Waals surface area (Å²) < 4.78 is 62.1. The van der Waals surface area contributed by atoms with Crippen LogP contribution in [0.4, 0.5) is 4.39 Å². The molecule has 0 unspecified atom stereocenters. The molecule has 4 heterocycles. The quantitative estimate of drug-likeness (QED) is 0.118. The Kier molecular flexibility index (Phi) is 10.1. The first-order valence-corrected chi connectivity index (χ1v) is 20.5. The Bertz CT molecular complexity index is 2510. The van der Waals surface area contributed by atoms with E-state index in [0.29, 0.717) is 50.5 Å². The predicted molar refractivity (Wildman–Crippen MR) is 212 cm³/mol. The number of pyridine rings is 3. The second-order valence-electron chi connectivity index (χ2n) is 14.9. The van der Waals surface area contributed by atoms with Crippen molar-refractivity contribution in [3.63, 3.8) is 0 Å². The maximum absolute atomic E-state index is 13.2. The van der Waals surface area contributed by atoms with E-state index >= 15 is 0 Å². The Balaban J connectivity index is 0.000000216. The minimum Gasteiger partial charge on any atom is -0.499 e. The molecule has 7 heteroatoms. The molecule has 0 aliphatic carbocycles. The Morgan fingerprint density at radius 2 is 1.52 bits per heavy atom. The number of rotatable bonds is 7. The van der Waals surface area contributed by atoms with E-state index in [1.54, 1.807) is 74.9 Å². The monoisotopic (exact) mass is 889 g/mol. The van der Waals surface area contributed by atoms with Gasteiger partial charge >= 0.3 is 0 Å². The van der Waals surface area contributed by atoms with Crippen molar-refractivity contribution in [3.8, 4) is 22.5 Å². The fraction of sp³-hybridized carbons (Fsp3) is 0.267. The molecule has 7 aromatic rings. The zero-order valence-corrected chi connectivity index (χ0v) is 34.2. The third-order valence-electron chi connectivity index (χ3n) is 8.17. The topological polar surface area (TPSA) is 51.8 Å². The van der Waals surface area contributed by atoms with Gasteiger partial charge in [-0.25, -0.2) is 0 Å². The SMILES string of the molecule is [2H]C(C)(C)c1cc2c(cn1)oc1c[c-]c(-c3cc(C([2H])([2H])C(C)(C)C)ccn3)cc12.[2H]C([2H])(c1ccccc1)c1cc(-c2[c-]cc(F)cc2)ncc1[Si](C)(C)C.[Ir]. The molecule has 52 heavy (non-hydrogen) atoms. The largest absolute Gasteiger partial charge is 0.499 e. The molecule has 269 valence electrons. The van der Waals surface area contributed by atoms with Gasteiger partial charge in [0.15, 0.2) is 0 Å². The zero-order chi connectivity index (χ0) is 40.8. The van der Waals surface area contributed by atoms with E-state index in [4.69, 9.17) is 11.3 Å². The van der Waals surface area contributed by atoms with Gasteiger partial charge in [0.05, 0.1) is 19.9 Å². The van der Waals surface area contributed by atoms with Crippen LogP contribution in [-0.4, -0.2) is 23.0 Å². The number of aromatic nitrogens is 3. The summed E-state index contributed by atoms with van der Waals surface area (Å²) in [7, 11) is -1.83. The number of fused-ring (bicyclic) bond motifs is 3. The molecule has 0 saturated heterocycles. The number of nitrogens with zero attached hydrogens (tertiary/aromatic N) is 3. The van der Waals surface area contributed by atoms with E-state index in [9.17, 15) is 4.39 Å². The van der Waals surface area contributed by atoms with Crippen LogP contribution in [0.1, 0.15) is 69.8 Å². The molecule has 0 aliphatic rings. The molecule has 4 aromatic heterocycles. The molecule has 0 saturated carbocycles. The molecule has 7 rings (SSSR count). The fourth-order valence-electron chi connectivity index (χ4n) is 5.68. The molecule has 0 fully saturated rings. The zero-order valence-electron chi connectivity index (χ0n) is 35.8. The van der Waals surface area contributed by atoms with Crippen LogP contribution in [0.15, 0.2) is 108 Å². The third-order valence-corrected chi connectivity index (χ3v) is 10.2. The van der Waals surface area contributed by atoms with Gasteiger partial charge in [0, 0.05) is 56.3 Å². The Morgan fingerprint density at radius 3 is 2.19 bits per heavy atom. The van der Waals surface area contributed by atoms with Gasteiger partial charge in [-0.05, 0) is 58.3 Å². The van der Waals surface area contributed by atoms with Crippen molar-refractivity contribution < 1.29 is 35.8 Å². The Morgan fingerprint density at radius 1 is 0.808 bits per heavy atom. The van der Waals surface area contributed by atoms with Gasteiger partial charge in [-0.15, -0.1) is 53.6 Å². The van der Waals surface area contributed by atoms with Crippen LogP contribution in [0.2, 0.25) is 19.6 Å². The number of hydrogen-bond acceptors (Lipinski definition) is 4. The van der Waals surface area contributed by atoms with Crippen molar-refractivity contribution in [2.45, 2.75) is 72.9 Å². The van der Waals surface area contributed by atoms with Crippen molar-refractivity contribution in [2.75, 3.05) is 0 Å². The van der Waals surface area contributed by atoms with Gasteiger partial charge in [-0.2, -0.15) is 0 Å². The van der Waals surface area contributed by atoms with E-state index in [2.05, 4.69) is 46.7 Å². The number of benzene rings is 3. The van der Waals surface area contributed by atoms with Crippen LogP contribution < -0.4 is 5.19 Å². The van der Waals surface area contributed by atoms with Crippen LogP contribution >= 0.6 is 0 Å². The van der Waals surface area contributed by atoms with Crippen molar-refractivity contribution in [1.82, 2.24) is 15.0 Å². The van der Waals surface area contributed by atoms with E-state index in [1.165, 1.54) is 12.1 Å². The molecule has 0 aliphatic heterocycles. The molecular weight excluding hydrogens is 838 g/mol. The van der Waals surface area contributed by atoms with Crippen molar-refractivity contribution in [3.05, 3.63) is 144 Å². The molecule has 0 amide bonds. The van der Waals surface area contributed by atoms with Crippen LogP contribution in [0.5, 0.6) is 0 Å². The number of hydrogen-bond donors (Lipinski definition) is 0. The normalized spacial score (nSPS) is 13.9. The summed E-state index contributed by atoms with van der Waals surface area (Å²) in [5, 5.41) is 2.78. The number of furan rings is 1. The van der Waals surface area contributed by atoms with E-state index in [-0.39, 0.29) is 25.9 Å². The van der Waals surface area contributed by atoms with Crippen LogP contribution in [0.3, 0.4) is 0 Å². The summed E-state index contributed by atoms with van der Waals surface area (Å²) in [5.41, 5.74) is 5.98. The first-order chi connectivity index (χ1) is 26.1. The number of halogens is 1. The molecule has 1 radical (unpaired) electrons. The molecule has 0 spiro atoms. The maximum atomic E-state index is 13.2. The van der Waals surface area contributed by atoms with E-state index in [0.717, 1.165) is 21.5 Å². The van der Waals surface area contributed by atoms with Gasteiger partial charge in [0.2, 0.25) is 0 Å². The minimum absolute atomic E-state index is 0. The van der Waals surface area contributed by atoms with E-state index in [1.807, 2.05) is 51.1 Å². The molecule has 0 N–H and O–H groups in total. The van der Waals surface area contributed by atoms with Gasteiger partial charge in [0.25, 0.3) is 0 Å². The summed E-state index contributed by atoms with van der Waals surface area (Å²) in [4.78, 5) is 13.4. The fourth-order valence-corrected chi connectivity index (χ4v) is 7.08. The van der Waals surface area contributed by atoms with Gasteiger partial charge < -0.3 is 14.4 Å². The molecular formula is C45H46FIrN3OSi-2. The van der Waals surface area contributed by atoms with Crippen LogP contribution in [0.25, 0.3) is 44.5 Å². The van der Waals surface area contributed by atoms with Gasteiger partial charge in [-0.1, -0.05) is 113 Å². The summed E-state index contributed by atoms with van der Waals surface area (Å²) in [6, 6.07) is 30.5. The smallest absolute Gasteiger partial charge is 0.139 e. The second-order valence-corrected chi connectivity index (χ2v) is 19.9. The Labute approximate surface area is 329 Å². The molecule has 0 atom stereocenters. The third kappa shape index (κ3) is 9.57. The minimum atomic E-state index is -1.83. The Hall–Kier alpha value is -4.29. The summed E-state index contributed by atoms with van der Waals surface area (Å²) >= 11 is 0. The van der Waals surface area contributed by atoms with Crippen molar-refractivity contribution >= 4 is 35.2 Å². The summed E-state index contributed by atoms with van der Waals surface area (Å²) in [6.45, 7) is 15.8. The van der Waals surface area contributed by atoms with Crippen molar-refractivity contribution in [1.29, 1.82) is 0 Å².